The molecule has 0 aromatic heterocycles. The average molecular weight is 317 g/mol. The van der Waals surface area contributed by atoms with E-state index in [0.717, 1.165) is 0 Å². The number of carbonyl (C=O) groups excluding carboxylic acids is 2. The molecule has 1 aromatic carbocycles. The predicted octanol–water partition coefficient (Wildman–Crippen LogP) is 1.72. The Morgan fingerprint density at radius 3 is 2.90 bits per heavy atom. The molecule has 0 spiro atoms. The molecular weight excluding hydrogens is 303 g/mol. The van der Waals surface area contributed by atoms with Gasteiger partial charge in [-0.25, -0.2) is 0 Å². The molecule has 5 nitrogen and oxygen atoms in total. The van der Waals surface area contributed by atoms with Crippen molar-refractivity contribution in [3.63, 3.8) is 0 Å². The number of benzene rings is 1. The summed E-state index contributed by atoms with van der Waals surface area (Å²) < 4.78 is 5.37. The zero-order valence-electron chi connectivity index (χ0n) is 10.9. The number of hydrogen-bond acceptors (Lipinski definition) is 3. The Morgan fingerprint density at radius 2 is 2.20 bits per heavy atom. The highest BCUT2D eigenvalue weighted by Crippen LogP contribution is 2.26. The van der Waals surface area contributed by atoms with E-state index in [4.69, 9.17) is 27.9 Å². The quantitative estimate of drug-likeness (QED) is 0.923. The highest BCUT2D eigenvalue weighted by molar-refractivity contribution is 6.42. The highest BCUT2D eigenvalue weighted by atomic mass is 35.5. The molecule has 0 aliphatic carbocycles. The van der Waals surface area contributed by atoms with Crippen molar-refractivity contribution in [2.45, 2.75) is 13.0 Å². The largest absolute Gasteiger partial charge is 0.484 e. The maximum absolute atomic E-state index is 12.0. The fourth-order valence-electron chi connectivity index (χ4n) is 1.92. The predicted molar refractivity (Wildman–Crippen MR) is 76.1 cm³/mol. The van der Waals surface area contributed by atoms with E-state index in [1.54, 1.807) is 25.1 Å². The molecule has 2 rings (SSSR count). The van der Waals surface area contributed by atoms with Crippen molar-refractivity contribution in [3.8, 4) is 5.75 Å². The molecule has 1 aliphatic heterocycles. The molecule has 0 radical (unpaired) electrons. The number of rotatable bonds is 3. The Labute approximate surface area is 126 Å². The van der Waals surface area contributed by atoms with E-state index in [1.807, 2.05) is 0 Å². The number of carbonyl (C=O) groups is 2. The number of nitrogens with zero attached hydrogens (tertiary/aromatic N) is 1. The lowest BCUT2D eigenvalue weighted by atomic mass is 10.2. The third kappa shape index (κ3) is 3.35. The zero-order chi connectivity index (χ0) is 14.7. The summed E-state index contributed by atoms with van der Waals surface area (Å²) in [4.78, 5) is 25.0. The number of ether oxygens (including phenoxy) is 1. The average Bonchev–Trinajstić information content (AvgIpc) is 2.43. The van der Waals surface area contributed by atoms with Gasteiger partial charge in [0.2, 0.25) is 5.91 Å². The van der Waals surface area contributed by atoms with Gasteiger partial charge in [0, 0.05) is 19.2 Å². The van der Waals surface area contributed by atoms with E-state index < -0.39 is 6.04 Å². The van der Waals surface area contributed by atoms with Crippen LogP contribution in [0.25, 0.3) is 0 Å². The zero-order valence-corrected chi connectivity index (χ0v) is 12.4. The molecule has 1 N–H and O–H groups in total. The number of nitrogens with one attached hydrogen (secondary N) is 1. The van der Waals surface area contributed by atoms with E-state index in [-0.39, 0.29) is 18.4 Å². The highest BCUT2D eigenvalue weighted by Gasteiger charge is 2.29. The van der Waals surface area contributed by atoms with Crippen LogP contribution in [0.15, 0.2) is 18.2 Å². The Balaban J connectivity index is 1.94. The molecule has 1 aliphatic rings. The molecule has 1 fully saturated rings. The normalized spacial score (nSPS) is 18.6. The minimum atomic E-state index is -0.478. The van der Waals surface area contributed by atoms with Crippen LogP contribution in [-0.4, -0.2) is 42.5 Å². The maximum atomic E-state index is 12.0. The third-order valence-electron chi connectivity index (χ3n) is 3.07. The van der Waals surface area contributed by atoms with Crippen molar-refractivity contribution in [2.24, 2.45) is 0 Å². The topological polar surface area (TPSA) is 58.6 Å². The van der Waals surface area contributed by atoms with Crippen LogP contribution in [0.2, 0.25) is 10.0 Å². The standard InChI is InChI=1S/C13H14Cl2N2O3/c1-8-13(19)16-4-5-17(8)12(18)7-20-9-2-3-10(14)11(15)6-9/h2-3,6,8H,4-5,7H2,1H3,(H,16,19). The van der Waals surface area contributed by atoms with Crippen LogP contribution in [0.5, 0.6) is 5.75 Å². The van der Waals surface area contributed by atoms with Crippen LogP contribution in [-0.2, 0) is 9.59 Å². The van der Waals surface area contributed by atoms with Crippen LogP contribution >= 0.6 is 23.2 Å². The summed E-state index contributed by atoms with van der Waals surface area (Å²) in [5, 5.41) is 3.48. The second-order valence-corrected chi connectivity index (χ2v) is 5.23. The third-order valence-corrected chi connectivity index (χ3v) is 3.81. The molecule has 1 saturated heterocycles. The van der Waals surface area contributed by atoms with Crippen molar-refractivity contribution >= 4 is 35.0 Å². The molecular formula is C13H14Cl2N2O3. The van der Waals surface area contributed by atoms with Crippen LogP contribution in [0.4, 0.5) is 0 Å². The fourth-order valence-corrected chi connectivity index (χ4v) is 2.21. The van der Waals surface area contributed by atoms with Gasteiger partial charge in [0.1, 0.15) is 11.8 Å². The van der Waals surface area contributed by atoms with Gasteiger partial charge in [-0.3, -0.25) is 9.59 Å². The van der Waals surface area contributed by atoms with Gasteiger partial charge in [-0.15, -0.1) is 0 Å². The van der Waals surface area contributed by atoms with E-state index in [1.165, 1.54) is 4.90 Å². The lowest BCUT2D eigenvalue weighted by Crippen LogP contribution is -2.56. The molecule has 7 heteroatoms. The Morgan fingerprint density at radius 1 is 1.45 bits per heavy atom. The second kappa shape index (κ2) is 6.33. The smallest absolute Gasteiger partial charge is 0.261 e. The number of amides is 2. The van der Waals surface area contributed by atoms with Gasteiger partial charge in [0.15, 0.2) is 6.61 Å². The van der Waals surface area contributed by atoms with E-state index in [2.05, 4.69) is 5.32 Å². The van der Waals surface area contributed by atoms with Crippen LogP contribution in [0.3, 0.4) is 0 Å². The number of hydrogen-bond donors (Lipinski definition) is 1. The van der Waals surface area contributed by atoms with E-state index >= 15 is 0 Å². The summed E-state index contributed by atoms with van der Waals surface area (Å²) in [6.07, 6.45) is 0. The maximum Gasteiger partial charge on any atom is 0.261 e. The summed E-state index contributed by atoms with van der Waals surface area (Å²) in [5.41, 5.74) is 0. The van der Waals surface area contributed by atoms with Gasteiger partial charge < -0.3 is 15.0 Å². The summed E-state index contributed by atoms with van der Waals surface area (Å²) in [6, 6.07) is 4.30. The molecule has 1 unspecified atom stereocenters. The Bertz CT molecular complexity index is 536. The molecule has 108 valence electrons. The number of piperazine rings is 1. The first-order valence-electron chi connectivity index (χ1n) is 6.14. The Hall–Kier alpha value is -1.46. The van der Waals surface area contributed by atoms with Crippen molar-refractivity contribution in [1.29, 1.82) is 0 Å². The van der Waals surface area contributed by atoms with Crippen LogP contribution < -0.4 is 10.1 Å². The van der Waals surface area contributed by atoms with Crippen molar-refractivity contribution < 1.29 is 14.3 Å². The first-order valence-corrected chi connectivity index (χ1v) is 6.89. The van der Waals surface area contributed by atoms with Crippen molar-refractivity contribution in [1.82, 2.24) is 10.2 Å². The van der Waals surface area contributed by atoms with Gasteiger partial charge in [-0.05, 0) is 19.1 Å². The van der Waals surface area contributed by atoms with Gasteiger partial charge in [-0.2, -0.15) is 0 Å². The number of halogens is 2. The summed E-state index contributed by atoms with van der Waals surface area (Å²) in [7, 11) is 0. The first-order chi connectivity index (χ1) is 9.49. The van der Waals surface area contributed by atoms with Gasteiger partial charge in [0.25, 0.3) is 5.91 Å². The SMILES string of the molecule is CC1C(=O)NCCN1C(=O)COc1ccc(Cl)c(Cl)c1. The van der Waals surface area contributed by atoms with Gasteiger partial charge in [-0.1, -0.05) is 23.2 Å². The van der Waals surface area contributed by atoms with Crippen molar-refractivity contribution in [3.05, 3.63) is 28.2 Å². The molecule has 1 heterocycles. The second-order valence-electron chi connectivity index (χ2n) is 4.42. The first kappa shape index (κ1) is 14.9. The molecule has 0 saturated carbocycles. The monoisotopic (exact) mass is 316 g/mol. The summed E-state index contributed by atoms with van der Waals surface area (Å²) in [6.45, 7) is 2.49. The Kier molecular flexibility index (Phi) is 4.73. The summed E-state index contributed by atoms with van der Waals surface area (Å²) in [5.74, 6) is 0.0689. The summed E-state index contributed by atoms with van der Waals surface area (Å²) >= 11 is 11.7. The molecule has 0 bridgehead atoms. The lowest BCUT2D eigenvalue weighted by Gasteiger charge is -2.32. The molecule has 20 heavy (non-hydrogen) atoms. The molecule has 1 aromatic rings. The minimum Gasteiger partial charge on any atom is -0.484 e. The van der Waals surface area contributed by atoms with E-state index in [0.29, 0.717) is 28.9 Å². The van der Waals surface area contributed by atoms with Crippen LogP contribution in [0, 0.1) is 0 Å². The fraction of sp³-hybridized carbons (Fsp3) is 0.385. The molecule has 2 amide bonds. The lowest BCUT2D eigenvalue weighted by molar-refractivity contribution is -0.143. The van der Waals surface area contributed by atoms with Gasteiger partial charge >= 0.3 is 0 Å². The van der Waals surface area contributed by atoms with E-state index in [9.17, 15) is 9.59 Å². The van der Waals surface area contributed by atoms with Crippen molar-refractivity contribution in [2.75, 3.05) is 19.7 Å². The van der Waals surface area contributed by atoms with Gasteiger partial charge in [0.05, 0.1) is 10.0 Å². The molecule has 1 atom stereocenters. The van der Waals surface area contributed by atoms with Crippen LogP contribution in [0.1, 0.15) is 6.92 Å². The minimum absolute atomic E-state index is 0.143.